The van der Waals surface area contributed by atoms with Crippen molar-refractivity contribution in [3.63, 3.8) is 0 Å². The van der Waals surface area contributed by atoms with Crippen molar-refractivity contribution < 1.29 is 22.7 Å². The summed E-state index contributed by atoms with van der Waals surface area (Å²) >= 11 is 0. The van der Waals surface area contributed by atoms with E-state index < -0.39 is 10.0 Å². The Morgan fingerprint density at radius 3 is 2.41 bits per heavy atom. The maximum atomic E-state index is 13.6. The molecule has 2 aliphatic rings. The van der Waals surface area contributed by atoms with Crippen LogP contribution in [0, 0.1) is 18.8 Å². The Hall–Kier alpha value is -2.74. The van der Waals surface area contributed by atoms with Gasteiger partial charge in [0.25, 0.3) is 10.0 Å². The van der Waals surface area contributed by atoms with Crippen molar-refractivity contribution in [3.05, 3.63) is 48.0 Å². The van der Waals surface area contributed by atoms with Crippen LogP contribution < -0.4 is 19.1 Å². The highest BCUT2D eigenvalue weighted by molar-refractivity contribution is 7.92. The zero-order chi connectivity index (χ0) is 22.9. The highest BCUT2D eigenvalue weighted by Gasteiger charge is 2.40. The van der Waals surface area contributed by atoms with E-state index in [-0.39, 0.29) is 29.1 Å². The largest absolute Gasteiger partial charge is 0.497 e. The van der Waals surface area contributed by atoms with Crippen molar-refractivity contribution in [2.75, 3.05) is 25.1 Å². The molecule has 8 heteroatoms. The first-order chi connectivity index (χ1) is 15.3. The van der Waals surface area contributed by atoms with Crippen LogP contribution in [0.5, 0.6) is 11.5 Å². The average molecular weight is 459 g/mol. The van der Waals surface area contributed by atoms with E-state index in [0.717, 1.165) is 29.1 Å². The third-order valence-corrected chi connectivity index (χ3v) is 8.41. The number of carbonyl (C=O) groups excluding carboxylic acids is 1. The van der Waals surface area contributed by atoms with Gasteiger partial charge in [0.05, 0.1) is 24.8 Å². The Balaban J connectivity index is 1.66. The van der Waals surface area contributed by atoms with Crippen LogP contribution in [-0.2, 0) is 14.8 Å². The van der Waals surface area contributed by atoms with E-state index in [1.807, 2.05) is 6.92 Å². The summed E-state index contributed by atoms with van der Waals surface area (Å²) < 4.78 is 39.1. The minimum absolute atomic E-state index is 0.119. The Morgan fingerprint density at radius 2 is 1.81 bits per heavy atom. The second-order valence-electron chi connectivity index (χ2n) is 8.71. The molecule has 0 aromatic heterocycles. The van der Waals surface area contributed by atoms with Crippen molar-refractivity contribution in [2.45, 2.75) is 43.5 Å². The number of methoxy groups -OCH3 is 2. The van der Waals surface area contributed by atoms with E-state index in [0.29, 0.717) is 23.3 Å². The molecule has 4 rings (SSSR count). The molecule has 32 heavy (non-hydrogen) atoms. The predicted octanol–water partition coefficient (Wildman–Crippen LogP) is 3.51. The first-order valence-corrected chi connectivity index (χ1v) is 12.4. The Bertz CT molecular complexity index is 1080. The molecule has 7 nitrogen and oxygen atoms in total. The summed E-state index contributed by atoms with van der Waals surface area (Å²) in [5.41, 5.74) is 1.24. The summed E-state index contributed by atoms with van der Waals surface area (Å²) in [6.45, 7) is 1.57. The Morgan fingerprint density at radius 1 is 1.06 bits per heavy atom. The van der Waals surface area contributed by atoms with Gasteiger partial charge in [-0.2, -0.15) is 0 Å². The van der Waals surface area contributed by atoms with E-state index in [2.05, 4.69) is 5.32 Å². The average Bonchev–Trinajstić information content (AvgIpc) is 3.40. The van der Waals surface area contributed by atoms with E-state index in [1.165, 1.54) is 20.6 Å². The number of benzene rings is 2. The fraction of sp³-hybridized carbons (Fsp3) is 0.458. The third kappa shape index (κ3) is 4.41. The number of amides is 1. The van der Waals surface area contributed by atoms with Crippen molar-refractivity contribution >= 4 is 21.6 Å². The number of aryl methyl sites for hydroxylation is 1. The molecule has 0 aliphatic heterocycles. The molecular weight excluding hydrogens is 428 g/mol. The highest BCUT2D eigenvalue weighted by Crippen LogP contribution is 2.44. The van der Waals surface area contributed by atoms with Gasteiger partial charge in [0.1, 0.15) is 18.0 Å². The number of nitrogens with zero attached hydrogens (tertiary/aromatic N) is 1. The molecule has 2 aromatic carbocycles. The number of nitrogens with one attached hydrogen (secondary N) is 1. The third-order valence-electron chi connectivity index (χ3n) is 6.64. The Labute approximate surface area is 189 Å². The van der Waals surface area contributed by atoms with Gasteiger partial charge in [-0.15, -0.1) is 0 Å². The molecule has 2 aromatic rings. The lowest BCUT2D eigenvalue weighted by Gasteiger charge is -2.28. The van der Waals surface area contributed by atoms with Crippen LogP contribution in [-0.4, -0.2) is 41.1 Å². The SMILES string of the molecule is COc1ccc(N(CC(=O)N[C@H]2C[C@H]3CC[C@H]2C3)S(=O)(=O)c2ccc(C)cc2)c(OC)c1. The first kappa shape index (κ1) is 22.5. The topological polar surface area (TPSA) is 84.9 Å². The van der Waals surface area contributed by atoms with Gasteiger partial charge < -0.3 is 14.8 Å². The summed E-state index contributed by atoms with van der Waals surface area (Å²) in [6.07, 6.45) is 4.50. The van der Waals surface area contributed by atoms with Crippen LogP contribution >= 0.6 is 0 Å². The van der Waals surface area contributed by atoms with Crippen LogP contribution in [0.15, 0.2) is 47.4 Å². The predicted molar refractivity (Wildman–Crippen MR) is 123 cm³/mol. The van der Waals surface area contributed by atoms with Crippen molar-refractivity contribution in [1.29, 1.82) is 0 Å². The fourth-order valence-electron chi connectivity index (χ4n) is 4.93. The number of sulfonamides is 1. The smallest absolute Gasteiger partial charge is 0.264 e. The molecule has 3 atom stereocenters. The second-order valence-corrected chi connectivity index (χ2v) is 10.6. The highest BCUT2D eigenvalue weighted by atomic mass is 32.2. The van der Waals surface area contributed by atoms with Gasteiger partial charge in [0.2, 0.25) is 5.91 Å². The number of anilines is 1. The normalized spacial score (nSPS) is 21.9. The molecule has 0 radical (unpaired) electrons. The summed E-state index contributed by atoms with van der Waals surface area (Å²) in [5, 5.41) is 3.09. The van der Waals surface area contributed by atoms with Gasteiger partial charge in [0, 0.05) is 12.1 Å². The monoisotopic (exact) mass is 458 g/mol. The molecule has 0 heterocycles. The molecule has 0 unspecified atom stereocenters. The molecule has 1 N–H and O–H groups in total. The lowest BCUT2D eigenvalue weighted by atomic mass is 9.95. The minimum atomic E-state index is -4.01. The summed E-state index contributed by atoms with van der Waals surface area (Å²) in [6, 6.07) is 11.6. The number of hydrogen-bond acceptors (Lipinski definition) is 5. The molecule has 2 bridgehead atoms. The number of carbonyl (C=O) groups is 1. The molecule has 0 saturated heterocycles. The standard InChI is InChI=1S/C24H30N2O5S/c1-16-4-9-20(10-5-16)32(28,29)26(22-11-8-19(30-2)14-23(22)31-3)15-24(27)25-21-13-17-6-7-18(21)12-17/h4-5,8-11,14,17-18,21H,6-7,12-13,15H2,1-3H3,(H,25,27)/t17-,18-,21-/m0/s1. The van der Waals surface area contributed by atoms with E-state index >= 15 is 0 Å². The van der Waals surface area contributed by atoms with Crippen molar-refractivity contribution in [2.24, 2.45) is 11.8 Å². The number of rotatable bonds is 8. The van der Waals surface area contributed by atoms with Gasteiger partial charge in [-0.05, 0) is 62.3 Å². The van der Waals surface area contributed by atoms with Crippen molar-refractivity contribution in [3.8, 4) is 11.5 Å². The zero-order valence-corrected chi connectivity index (χ0v) is 19.5. The molecule has 2 aliphatic carbocycles. The van der Waals surface area contributed by atoms with Crippen LogP contribution in [0.3, 0.4) is 0 Å². The van der Waals surface area contributed by atoms with E-state index in [1.54, 1.807) is 42.5 Å². The molecule has 172 valence electrons. The molecule has 2 saturated carbocycles. The summed E-state index contributed by atoms with van der Waals surface area (Å²) in [5.74, 6) is 1.72. The van der Waals surface area contributed by atoms with Crippen molar-refractivity contribution in [1.82, 2.24) is 5.32 Å². The number of ether oxygens (including phenoxy) is 2. The van der Waals surface area contributed by atoms with Gasteiger partial charge in [-0.25, -0.2) is 8.42 Å². The maximum absolute atomic E-state index is 13.6. The van der Waals surface area contributed by atoms with Crippen LogP contribution in [0.1, 0.15) is 31.2 Å². The molecular formula is C24H30N2O5S. The zero-order valence-electron chi connectivity index (χ0n) is 18.7. The molecule has 1 amide bonds. The Kier molecular flexibility index (Phi) is 6.33. The lowest BCUT2D eigenvalue weighted by molar-refractivity contribution is -0.120. The van der Waals surface area contributed by atoms with Crippen LogP contribution in [0.2, 0.25) is 0 Å². The quantitative estimate of drug-likeness (QED) is 0.654. The van der Waals surface area contributed by atoms with E-state index in [9.17, 15) is 13.2 Å². The second kappa shape index (κ2) is 9.02. The number of fused-ring (bicyclic) bond motifs is 2. The van der Waals surface area contributed by atoms with Gasteiger partial charge in [0.15, 0.2) is 0 Å². The summed E-state index contributed by atoms with van der Waals surface area (Å²) in [7, 11) is -1.02. The minimum Gasteiger partial charge on any atom is -0.497 e. The first-order valence-electron chi connectivity index (χ1n) is 10.9. The molecule has 2 fully saturated rings. The lowest BCUT2D eigenvalue weighted by Crippen LogP contribution is -2.46. The van der Waals surface area contributed by atoms with Gasteiger partial charge in [-0.1, -0.05) is 24.1 Å². The maximum Gasteiger partial charge on any atom is 0.264 e. The number of hydrogen-bond donors (Lipinski definition) is 1. The summed E-state index contributed by atoms with van der Waals surface area (Å²) in [4.78, 5) is 13.2. The van der Waals surface area contributed by atoms with E-state index in [4.69, 9.17) is 9.47 Å². The van der Waals surface area contributed by atoms with Gasteiger partial charge >= 0.3 is 0 Å². The van der Waals surface area contributed by atoms with Crippen LogP contribution in [0.25, 0.3) is 0 Å². The van der Waals surface area contributed by atoms with Crippen LogP contribution in [0.4, 0.5) is 5.69 Å². The fourth-order valence-corrected chi connectivity index (χ4v) is 6.36. The molecule has 0 spiro atoms. The van der Waals surface area contributed by atoms with Gasteiger partial charge in [-0.3, -0.25) is 9.10 Å².